The van der Waals surface area contributed by atoms with E-state index in [1.807, 2.05) is 78.8 Å². The molecule has 320 valence electrons. The van der Waals surface area contributed by atoms with Gasteiger partial charge in [-0.15, -0.1) is 0 Å². The lowest BCUT2D eigenvalue weighted by Crippen LogP contribution is -2.77. The lowest BCUT2D eigenvalue weighted by atomic mass is 9.54. The van der Waals surface area contributed by atoms with E-state index in [9.17, 15) is 24.9 Å². The van der Waals surface area contributed by atoms with Crippen molar-refractivity contribution in [1.29, 1.82) is 0 Å². The summed E-state index contributed by atoms with van der Waals surface area (Å²) in [7, 11) is 3.08. The van der Waals surface area contributed by atoms with Gasteiger partial charge in [0.05, 0.1) is 32.3 Å². The lowest BCUT2D eigenvalue weighted by molar-refractivity contribution is -0.179. The van der Waals surface area contributed by atoms with Crippen molar-refractivity contribution >= 4 is 28.5 Å². The minimum atomic E-state index is -2.06. The number of carbonyl (C=O) groups is 2. The second kappa shape index (κ2) is 18.9. The van der Waals surface area contributed by atoms with Crippen molar-refractivity contribution in [1.82, 2.24) is 20.2 Å². The van der Waals surface area contributed by atoms with Gasteiger partial charge in [0.1, 0.15) is 11.9 Å². The summed E-state index contributed by atoms with van der Waals surface area (Å²) in [5, 5.41) is 37.5. The Labute approximate surface area is 344 Å². The topological polar surface area (TPSA) is 186 Å². The van der Waals surface area contributed by atoms with Crippen LogP contribution in [0.3, 0.4) is 0 Å². The van der Waals surface area contributed by atoms with Crippen molar-refractivity contribution in [2.24, 2.45) is 17.7 Å². The van der Waals surface area contributed by atoms with E-state index >= 15 is 0 Å². The summed E-state index contributed by atoms with van der Waals surface area (Å²) in [4.78, 5) is 33.5. The van der Waals surface area contributed by atoms with Crippen LogP contribution in [0.25, 0.3) is 10.9 Å². The van der Waals surface area contributed by atoms with Crippen LogP contribution in [0.2, 0.25) is 0 Å². The summed E-state index contributed by atoms with van der Waals surface area (Å²) in [5.74, 6) is 4.87. The number of aromatic nitrogens is 1. The van der Waals surface area contributed by atoms with Crippen LogP contribution < -0.4 is 21.3 Å². The molecule has 8 N–H and O–H groups in total. The first-order valence-corrected chi connectivity index (χ1v) is 21.4. The van der Waals surface area contributed by atoms with Crippen LogP contribution in [0.1, 0.15) is 89.1 Å². The maximum absolute atomic E-state index is 12.8. The molecule has 13 nitrogen and oxygen atoms in total. The minimum Gasteiger partial charge on any atom is -0.496 e. The molecule has 1 aromatic heterocycles. The quantitative estimate of drug-likeness (QED) is 0.0650. The second-order valence-electron chi connectivity index (χ2n) is 15.6. The van der Waals surface area contributed by atoms with E-state index in [4.69, 9.17) is 15.3 Å². The molecule has 2 bridgehead atoms. The number of anilines is 1. The predicted molar refractivity (Wildman–Crippen MR) is 229 cm³/mol. The molecule has 6 heterocycles. The first-order chi connectivity index (χ1) is 28.0. The van der Waals surface area contributed by atoms with E-state index in [0.29, 0.717) is 5.92 Å². The van der Waals surface area contributed by atoms with Crippen molar-refractivity contribution in [3.63, 3.8) is 0 Å². The zero-order valence-corrected chi connectivity index (χ0v) is 36.0. The molecule has 1 amide bonds. The Bertz CT molecular complexity index is 1920. The molecule has 1 saturated carbocycles. The number of hydrazine groups is 1. The van der Waals surface area contributed by atoms with E-state index in [-0.39, 0.29) is 30.0 Å². The van der Waals surface area contributed by atoms with E-state index in [2.05, 4.69) is 43.7 Å². The second-order valence-corrected chi connectivity index (χ2v) is 15.6. The van der Waals surface area contributed by atoms with E-state index < -0.39 is 29.1 Å². The number of H-pyrrole nitrogens is 1. The molecule has 3 aromatic rings. The number of fused-ring (bicyclic) bond motifs is 6. The maximum Gasteiger partial charge on any atom is 0.314 e. The highest BCUT2D eigenvalue weighted by Crippen LogP contribution is 2.61. The number of aryl methyl sites for hydroxylation is 1. The van der Waals surface area contributed by atoms with Gasteiger partial charge < -0.3 is 40.0 Å². The molecule has 10 atom stereocenters. The van der Waals surface area contributed by atoms with Gasteiger partial charge in [0, 0.05) is 71.9 Å². The van der Waals surface area contributed by atoms with Crippen LogP contribution >= 0.6 is 0 Å². The molecule has 58 heavy (non-hydrogen) atoms. The number of aliphatic hydroxyl groups is 3. The number of esters is 1. The number of para-hydroxylation sites is 1. The number of carbonyl (C=O) groups excluding carboxylic acids is 2. The molecule has 13 heteroatoms. The first kappa shape index (κ1) is 45.1. The molecule has 1 spiro atoms. The van der Waals surface area contributed by atoms with Gasteiger partial charge >= 0.3 is 5.97 Å². The highest BCUT2D eigenvalue weighted by molar-refractivity contribution is 5.90. The summed E-state index contributed by atoms with van der Waals surface area (Å²) >= 11 is 0. The zero-order valence-electron chi connectivity index (χ0n) is 36.0. The Hall–Kier alpha value is -3.98. The van der Waals surface area contributed by atoms with Gasteiger partial charge in [-0.05, 0) is 73.9 Å². The number of nitrogens with two attached hydrogens (primary N) is 1. The molecule has 2 aromatic carbocycles. The number of benzene rings is 2. The molecular weight excluding hydrogens is 737 g/mol. The van der Waals surface area contributed by atoms with E-state index in [1.54, 1.807) is 7.11 Å². The molecule has 0 radical (unpaired) electrons. The average Bonchev–Trinajstić information content (AvgIpc) is 3.95. The summed E-state index contributed by atoms with van der Waals surface area (Å²) in [6.45, 7) is 18.2. The third-order valence-corrected chi connectivity index (χ3v) is 12.9. The zero-order chi connectivity index (χ0) is 42.5. The number of rotatable bonds is 3. The molecule has 6 aliphatic rings. The van der Waals surface area contributed by atoms with Gasteiger partial charge in [-0.2, -0.15) is 0 Å². The number of hydrogen-bond donors (Lipinski definition) is 7. The van der Waals surface area contributed by atoms with Crippen LogP contribution in [-0.2, 0) is 26.2 Å². The van der Waals surface area contributed by atoms with E-state index in [0.717, 1.165) is 92.2 Å². The summed E-state index contributed by atoms with van der Waals surface area (Å²) in [5.41, 5.74) is 5.72. The largest absolute Gasteiger partial charge is 0.496 e. The van der Waals surface area contributed by atoms with Crippen LogP contribution in [0, 0.1) is 18.8 Å². The lowest BCUT2D eigenvalue weighted by Gasteiger charge is -2.56. The first-order valence-electron chi connectivity index (χ1n) is 21.4. The van der Waals surface area contributed by atoms with E-state index in [1.165, 1.54) is 18.1 Å². The van der Waals surface area contributed by atoms with Crippen LogP contribution in [0.15, 0.2) is 48.6 Å². The molecular formula is C45H68N6O7. The number of amides is 1. The average molecular weight is 805 g/mol. The highest BCUT2D eigenvalue weighted by Gasteiger charge is 2.73. The Morgan fingerprint density at radius 1 is 1.00 bits per heavy atom. The fraction of sp³-hybridized carbons (Fsp3) is 0.600. The van der Waals surface area contributed by atoms with Crippen molar-refractivity contribution < 1.29 is 34.4 Å². The molecule has 9 rings (SSSR count). The number of hydrogen-bond acceptors (Lipinski definition) is 11. The molecule has 3 fully saturated rings. The van der Waals surface area contributed by atoms with Crippen LogP contribution in [0.5, 0.6) is 5.75 Å². The number of methoxy groups -OCH3 is 2. The maximum atomic E-state index is 12.8. The number of nitrogens with one attached hydrogen (secondary N) is 3. The monoisotopic (exact) mass is 805 g/mol. The van der Waals surface area contributed by atoms with Crippen molar-refractivity contribution in [3.8, 4) is 5.75 Å². The van der Waals surface area contributed by atoms with Crippen molar-refractivity contribution in [2.45, 2.75) is 115 Å². The molecule has 9 unspecified atom stereocenters. The Kier molecular flexibility index (Phi) is 14.7. The van der Waals surface area contributed by atoms with Crippen molar-refractivity contribution in [2.75, 3.05) is 52.3 Å². The number of aromatic amines is 1. The smallest absolute Gasteiger partial charge is 0.314 e. The number of piperidine rings is 1. The Morgan fingerprint density at radius 2 is 1.72 bits per heavy atom. The van der Waals surface area contributed by atoms with Crippen LogP contribution in [-0.4, -0.2) is 119 Å². The minimum absolute atomic E-state index is 0.00936. The summed E-state index contributed by atoms with van der Waals surface area (Å²) < 4.78 is 10.6. The summed E-state index contributed by atoms with van der Waals surface area (Å²) in [6, 6.07) is 11.5. The Morgan fingerprint density at radius 3 is 2.41 bits per heavy atom. The van der Waals surface area contributed by atoms with Gasteiger partial charge in [0.2, 0.25) is 0 Å². The van der Waals surface area contributed by atoms with Gasteiger partial charge in [0.15, 0.2) is 5.60 Å². The van der Waals surface area contributed by atoms with Gasteiger partial charge in [0.25, 0.3) is 5.91 Å². The number of nitrogens with zero attached hydrogens (tertiary/aromatic N) is 2. The standard InChI is InChI=1S/C20H26N4O4.C19H24N2O3.3C2H6/c1-10-8-12-13(9-14(10)28-2)22-17-19(12)5-7-24-6-3-4-11(15(19)24)16(25)20(17,27)18(26)23-21;1-24-19(23)16-9-12-8-13(22)11-21(10-12)7-6-15-14-4-2-3-5-17(14)20-18(15)16;3*1-2/h3-4,8-9,11,15-17,22,25,27H,5-7,21H2,1-2H3,(H,23,26);2-5,12-13,16,20,22H,6-11H2,1H3;3*1-2H3/t11?,15?,16?,17?,19?,20-;;;;/m1..../s1. The third-order valence-electron chi connectivity index (χ3n) is 12.9. The van der Waals surface area contributed by atoms with Gasteiger partial charge in [-0.25, -0.2) is 5.84 Å². The molecule has 1 aliphatic carbocycles. The highest BCUT2D eigenvalue weighted by atomic mass is 16.5. The normalized spacial score (nSPS) is 32.2. The number of ether oxygens (including phenoxy) is 2. The Balaban J connectivity index is 0.000000198. The fourth-order valence-corrected chi connectivity index (χ4v) is 10.8. The van der Waals surface area contributed by atoms with Crippen molar-refractivity contribution in [3.05, 3.63) is 70.9 Å². The molecule has 2 saturated heterocycles. The summed E-state index contributed by atoms with van der Waals surface area (Å²) in [6.07, 6.45) is 5.52. The molecule has 5 aliphatic heterocycles. The fourth-order valence-electron chi connectivity index (χ4n) is 10.8. The van der Waals surface area contributed by atoms with Gasteiger partial charge in [-0.1, -0.05) is 71.9 Å². The number of aliphatic hydroxyl groups excluding tert-OH is 2. The SMILES string of the molecule is CC.CC.CC.COC(=O)C1CC2CC(O)CN(CCc3c1[nH]c1ccccc31)C2.COc1cc2c(cc1C)C13CCN4CC=CC(C41)C(O)[C@](O)(C(=O)NN)C3N2. The van der Waals surface area contributed by atoms with Crippen LogP contribution in [0.4, 0.5) is 5.69 Å². The third kappa shape index (κ3) is 7.54. The van der Waals surface area contributed by atoms with Gasteiger partial charge in [-0.3, -0.25) is 19.9 Å². The predicted octanol–water partition coefficient (Wildman–Crippen LogP) is 4.52.